The second kappa shape index (κ2) is 5.83. The van der Waals surface area contributed by atoms with E-state index in [9.17, 15) is 4.79 Å². The molecule has 2 N–H and O–H groups in total. The maximum absolute atomic E-state index is 11.1. The second-order valence-corrected chi connectivity index (χ2v) is 3.54. The quantitative estimate of drug-likeness (QED) is 0.806. The van der Waals surface area contributed by atoms with Crippen molar-refractivity contribution >= 4 is 6.03 Å². The normalized spacial score (nSPS) is 10.1. The molecule has 2 amide bonds. The van der Waals surface area contributed by atoms with Gasteiger partial charge in [0.25, 0.3) is 0 Å². The Labute approximate surface area is 104 Å². The van der Waals surface area contributed by atoms with Crippen molar-refractivity contribution in [1.29, 1.82) is 0 Å². The van der Waals surface area contributed by atoms with E-state index < -0.39 is 6.03 Å². The molecule has 2 aromatic rings. The van der Waals surface area contributed by atoms with Crippen LogP contribution in [0.1, 0.15) is 5.69 Å². The predicted molar refractivity (Wildman–Crippen MR) is 64.3 cm³/mol. The van der Waals surface area contributed by atoms with Crippen molar-refractivity contribution in [3.8, 4) is 11.3 Å². The summed E-state index contributed by atoms with van der Waals surface area (Å²) in [7, 11) is 1.36. The van der Waals surface area contributed by atoms with Gasteiger partial charge in [-0.2, -0.15) is 0 Å². The van der Waals surface area contributed by atoms with Gasteiger partial charge in [-0.25, -0.2) is 10.3 Å². The van der Waals surface area contributed by atoms with Crippen LogP contribution in [-0.2, 0) is 11.4 Å². The fraction of sp³-hybridized carbons (Fsp3) is 0.167. The van der Waals surface area contributed by atoms with Gasteiger partial charge >= 0.3 is 6.03 Å². The zero-order valence-corrected chi connectivity index (χ0v) is 9.84. The van der Waals surface area contributed by atoms with Crippen molar-refractivity contribution in [1.82, 2.24) is 16.0 Å². The molecule has 2 rings (SSSR count). The first-order chi connectivity index (χ1) is 8.79. The molecular formula is C12H13N3O3. The van der Waals surface area contributed by atoms with Crippen molar-refractivity contribution in [3.05, 3.63) is 42.1 Å². The summed E-state index contributed by atoms with van der Waals surface area (Å²) in [5.41, 5.74) is 3.73. The van der Waals surface area contributed by atoms with E-state index in [0.717, 1.165) is 5.56 Å². The van der Waals surface area contributed by atoms with Gasteiger partial charge in [0.05, 0.1) is 13.7 Å². The molecule has 0 atom stereocenters. The maximum Gasteiger partial charge on any atom is 0.339 e. The summed E-state index contributed by atoms with van der Waals surface area (Å²) in [5, 5.41) is 6.43. The van der Waals surface area contributed by atoms with Gasteiger partial charge in [-0.05, 0) is 0 Å². The number of rotatable bonds is 4. The Balaban J connectivity index is 1.97. The highest BCUT2D eigenvalue weighted by Gasteiger charge is 2.07. The number of benzene rings is 1. The van der Waals surface area contributed by atoms with Crippen LogP contribution in [0.15, 0.2) is 40.9 Å². The van der Waals surface area contributed by atoms with E-state index in [1.54, 1.807) is 6.07 Å². The van der Waals surface area contributed by atoms with Crippen LogP contribution in [0.3, 0.4) is 0 Å². The third kappa shape index (κ3) is 3.08. The number of nitrogens with one attached hydrogen (secondary N) is 2. The average Bonchev–Trinajstić information content (AvgIpc) is 2.87. The Hall–Kier alpha value is -2.34. The van der Waals surface area contributed by atoms with Gasteiger partial charge in [0, 0.05) is 11.6 Å². The van der Waals surface area contributed by atoms with E-state index in [1.807, 2.05) is 30.3 Å². The van der Waals surface area contributed by atoms with Crippen LogP contribution in [0, 0.1) is 0 Å². The Morgan fingerprint density at radius 3 is 2.89 bits per heavy atom. The van der Waals surface area contributed by atoms with E-state index >= 15 is 0 Å². The molecule has 18 heavy (non-hydrogen) atoms. The molecule has 0 aliphatic rings. The highest BCUT2D eigenvalue weighted by Crippen LogP contribution is 2.19. The Kier molecular flexibility index (Phi) is 3.93. The van der Waals surface area contributed by atoms with Crippen LogP contribution in [0.2, 0.25) is 0 Å². The first-order valence-electron chi connectivity index (χ1n) is 5.37. The van der Waals surface area contributed by atoms with Gasteiger partial charge in [-0.1, -0.05) is 35.5 Å². The Bertz CT molecular complexity index is 510. The molecule has 0 aliphatic heterocycles. The van der Waals surface area contributed by atoms with Crippen molar-refractivity contribution in [2.24, 2.45) is 0 Å². The standard InChI is InChI=1S/C12H13N3O3/c1-17-15-12(16)13-8-10-7-11(18-14-10)9-5-3-2-4-6-9/h2-7H,8H2,1H3,(H2,13,15,16). The highest BCUT2D eigenvalue weighted by atomic mass is 16.6. The van der Waals surface area contributed by atoms with Gasteiger partial charge in [-0.3, -0.25) is 4.84 Å². The fourth-order valence-corrected chi connectivity index (χ4v) is 1.43. The van der Waals surface area contributed by atoms with Gasteiger partial charge in [0.2, 0.25) is 0 Å². The van der Waals surface area contributed by atoms with Gasteiger partial charge in [-0.15, -0.1) is 0 Å². The molecule has 0 aliphatic carbocycles. The number of hydrogen-bond donors (Lipinski definition) is 2. The third-order valence-electron chi connectivity index (χ3n) is 2.24. The molecule has 0 bridgehead atoms. The summed E-state index contributed by atoms with van der Waals surface area (Å²) in [6.07, 6.45) is 0. The topological polar surface area (TPSA) is 76.4 Å². The molecular weight excluding hydrogens is 234 g/mol. The summed E-state index contributed by atoms with van der Waals surface area (Å²) in [4.78, 5) is 15.5. The molecule has 1 aromatic carbocycles. The molecule has 0 saturated heterocycles. The van der Waals surface area contributed by atoms with Crippen LogP contribution in [0.5, 0.6) is 0 Å². The predicted octanol–water partition coefficient (Wildman–Crippen LogP) is 1.70. The lowest BCUT2D eigenvalue weighted by Gasteiger charge is -2.01. The Morgan fingerprint density at radius 2 is 2.17 bits per heavy atom. The minimum atomic E-state index is -0.429. The summed E-state index contributed by atoms with van der Waals surface area (Å²) in [5.74, 6) is 0.666. The number of aromatic nitrogens is 1. The van der Waals surface area contributed by atoms with Crippen molar-refractivity contribution in [2.75, 3.05) is 7.11 Å². The molecule has 94 valence electrons. The van der Waals surface area contributed by atoms with Crippen LogP contribution in [0.4, 0.5) is 4.79 Å². The number of nitrogens with zero attached hydrogens (tertiary/aromatic N) is 1. The highest BCUT2D eigenvalue weighted by molar-refractivity contribution is 5.72. The zero-order chi connectivity index (χ0) is 12.8. The first kappa shape index (κ1) is 12.1. The van der Waals surface area contributed by atoms with Crippen molar-refractivity contribution in [2.45, 2.75) is 6.54 Å². The van der Waals surface area contributed by atoms with E-state index in [-0.39, 0.29) is 6.54 Å². The summed E-state index contributed by atoms with van der Waals surface area (Å²) < 4.78 is 5.19. The van der Waals surface area contributed by atoms with Crippen LogP contribution in [-0.4, -0.2) is 18.3 Å². The smallest absolute Gasteiger partial charge is 0.339 e. The molecule has 6 nitrogen and oxygen atoms in total. The van der Waals surface area contributed by atoms with Crippen molar-refractivity contribution < 1.29 is 14.2 Å². The van der Waals surface area contributed by atoms with Crippen LogP contribution >= 0.6 is 0 Å². The summed E-state index contributed by atoms with van der Waals surface area (Å²) >= 11 is 0. The van der Waals surface area contributed by atoms with Gasteiger partial charge < -0.3 is 9.84 Å². The second-order valence-electron chi connectivity index (χ2n) is 3.54. The molecule has 0 radical (unpaired) electrons. The molecule has 0 unspecified atom stereocenters. The number of carbonyl (C=O) groups is 1. The lowest BCUT2D eigenvalue weighted by atomic mass is 10.2. The number of hydrogen-bond acceptors (Lipinski definition) is 4. The van der Waals surface area contributed by atoms with Crippen LogP contribution in [0.25, 0.3) is 11.3 Å². The summed E-state index contributed by atoms with van der Waals surface area (Å²) in [6.45, 7) is 0.269. The minimum absolute atomic E-state index is 0.269. The SMILES string of the molecule is CONC(=O)NCc1cc(-c2ccccc2)on1. The lowest BCUT2D eigenvalue weighted by molar-refractivity contribution is 0.107. The molecule has 1 heterocycles. The summed E-state index contributed by atoms with van der Waals surface area (Å²) in [6, 6.07) is 11.0. The number of amides is 2. The van der Waals surface area contributed by atoms with E-state index in [0.29, 0.717) is 11.5 Å². The van der Waals surface area contributed by atoms with Crippen LogP contribution < -0.4 is 10.8 Å². The minimum Gasteiger partial charge on any atom is -0.356 e. The van der Waals surface area contributed by atoms with Gasteiger partial charge in [0.15, 0.2) is 5.76 Å². The number of carbonyl (C=O) groups excluding carboxylic acids is 1. The van der Waals surface area contributed by atoms with Crippen molar-refractivity contribution in [3.63, 3.8) is 0 Å². The molecule has 0 saturated carbocycles. The van der Waals surface area contributed by atoms with E-state index in [4.69, 9.17) is 4.52 Å². The molecule has 6 heteroatoms. The zero-order valence-electron chi connectivity index (χ0n) is 9.84. The first-order valence-corrected chi connectivity index (χ1v) is 5.37. The molecule has 1 aromatic heterocycles. The third-order valence-corrected chi connectivity index (χ3v) is 2.24. The lowest BCUT2D eigenvalue weighted by Crippen LogP contribution is -2.34. The maximum atomic E-state index is 11.1. The molecule has 0 spiro atoms. The monoisotopic (exact) mass is 247 g/mol. The largest absolute Gasteiger partial charge is 0.356 e. The van der Waals surface area contributed by atoms with Gasteiger partial charge in [0.1, 0.15) is 5.69 Å². The number of urea groups is 1. The van der Waals surface area contributed by atoms with E-state index in [1.165, 1.54) is 7.11 Å². The Morgan fingerprint density at radius 1 is 1.39 bits per heavy atom. The fourth-order valence-electron chi connectivity index (χ4n) is 1.43. The number of hydroxylamine groups is 1. The molecule has 0 fully saturated rings. The van der Waals surface area contributed by atoms with E-state index in [2.05, 4.69) is 20.8 Å². The average molecular weight is 247 g/mol.